The maximum absolute atomic E-state index is 2.51. The molecule has 0 spiro atoms. The lowest BCUT2D eigenvalue weighted by Gasteiger charge is -2.22. The van der Waals surface area contributed by atoms with Gasteiger partial charge in [0.1, 0.15) is 0 Å². The third kappa shape index (κ3) is 5.33. The van der Waals surface area contributed by atoms with Gasteiger partial charge in [-0.05, 0) is 47.4 Å². The van der Waals surface area contributed by atoms with Crippen molar-refractivity contribution in [2.24, 2.45) is 5.92 Å². The average molecular weight is 333 g/mol. The standard InChI is InChI=1S/C25H32/c1-2-3-4-5-7-10-21-13-15-23(16-14-21)25-19-17-24(18-20-25)22-11-8-6-9-12-22/h6,8-9,11-12,15,17-21H,2-5,7,10,13-14,16H2,1H3. The van der Waals surface area contributed by atoms with E-state index in [1.54, 1.807) is 5.57 Å². The minimum absolute atomic E-state index is 0.925. The van der Waals surface area contributed by atoms with Crippen molar-refractivity contribution in [3.05, 3.63) is 66.2 Å². The van der Waals surface area contributed by atoms with Crippen LogP contribution in [0, 0.1) is 5.92 Å². The molecule has 0 saturated carbocycles. The van der Waals surface area contributed by atoms with Gasteiger partial charge in [0.05, 0.1) is 0 Å². The maximum atomic E-state index is 2.51. The van der Waals surface area contributed by atoms with Crippen LogP contribution in [0.4, 0.5) is 0 Å². The van der Waals surface area contributed by atoms with E-state index in [0.29, 0.717) is 0 Å². The van der Waals surface area contributed by atoms with E-state index in [1.165, 1.54) is 74.5 Å². The normalized spacial score (nSPS) is 17.3. The van der Waals surface area contributed by atoms with Gasteiger partial charge in [0.25, 0.3) is 0 Å². The van der Waals surface area contributed by atoms with Crippen molar-refractivity contribution in [3.8, 4) is 11.1 Å². The molecular weight excluding hydrogens is 300 g/mol. The zero-order chi connectivity index (χ0) is 17.3. The van der Waals surface area contributed by atoms with Gasteiger partial charge in [0.15, 0.2) is 0 Å². The summed E-state index contributed by atoms with van der Waals surface area (Å²) in [5.74, 6) is 0.925. The Morgan fingerprint density at radius 1 is 0.760 bits per heavy atom. The van der Waals surface area contributed by atoms with Crippen LogP contribution in [0.25, 0.3) is 16.7 Å². The first-order valence-electron chi connectivity index (χ1n) is 10.2. The summed E-state index contributed by atoms with van der Waals surface area (Å²) in [6.45, 7) is 2.29. The quantitative estimate of drug-likeness (QED) is 0.431. The summed E-state index contributed by atoms with van der Waals surface area (Å²) in [7, 11) is 0. The second-order valence-electron chi connectivity index (χ2n) is 7.52. The molecule has 1 unspecified atom stereocenters. The summed E-state index contributed by atoms with van der Waals surface area (Å²) in [6, 6.07) is 19.8. The smallest absolute Gasteiger partial charge is 0.0184 e. The van der Waals surface area contributed by atoms with Crippen molar-refractivity contribution in [2.75, 3.05) is 0 Å². The van der Waals surface area contributed by atoms with Gasteiger partial charge in [-0.25, -0.2) is 0 Å². The molecule has 0 aromatic heterocycles. The summed E-state index contributed by atoms with van der Waals surface area (Å²) in [5.41, 5.74) is 5.59. The van der Waals surface area contributed by atoms with E-state index in [-0.39, 0.29) is 0 Å². The summed E-state index contributed by atoms with van der Waals surface area (Å²) in [6.07, 6.45) is 14.9. The molecule has 0 bridgehead atoms. The molecule has 0 fully saturated rings. The fraction of sp³-hybridized carbons (Fsp3) is 0.440. The predicted octanol–water partition coefficient (Wildman–Crippen LogP) is 7.90. The van der Waals surface area contributed by atoms with E-state index in [0.717, 1.165) is 5.92 Å². The second kappa shape index (κ2) is 9.61. The highest BCUT2D eigenvalue weighted by Crippen LogP contribution is 2.33. The minimum Gasteiger partial charge on any atom is -0.0804 e. The van der Waals surface area contributed by atoms with Crippen LogP contribution < -0.4 is 0 Å². The van der Waals surface area contributed by atoms with E-state index in [1.807, 2.05) is 0 Å². The van der Waals surface area contributed by atoms with E-state index < -0.39 is 0 Å². The van der Waals surface area contributed by atoms with Crippen LogP contribution in [0.15, 0.2) is 60.7 Å². The molecule has 2 aromatic carbocycles. The third-order valence-corrected chi connectivity index (χ3v) is 5.60. The zero-order valence-corrected chi connectivity index (χ0v) is 15.7. The molecule has 0 amide bonds. The molecule has 1 aliphatic carbocycles. The molecular formula is C25H32. The Bertz CT molecular complexity index is 648. The van der Waals surface area contributed by atoms with Gasteiger partial charge in [-0.1, -0.05) is 106 Å². The van der Waals surface area contributed by atoms with Crippen molar-refractivity contribution in [2.45, 2.75) is 64.7 Å². The Morgan fingerprint density at radius 2 is 1.44 bits per heavy atom. The molecule has 3 rings (SSSR count). The highest BCUT2D eigenvalue weighted by molar-refractivity contribution is 5.70. The number of allylic oxidation sites excluding steroid dienone is 2. The van der Waals surface area contributed by atoms with Crippen LogP contribution in [0.3, 0.4) is 0 Å². The molecule has 1 aliphatic rings. The highest BCUT2D eigenvalue weighted by Gasteiger charge is 2.15. The number of hydrogen-bond acceptors (Lipinski definition) is 0. The Morgan fingerprint density at radius 3 is 2.12 bits per heavy atom. The molecule has 0 heteroatoms. The van der Waals surface area contributed by atoms with Crippen molar-refractivity contribution in [1.29, 1.82) is 0 Å². The number of benzene rings is 2. The lowest BCUT2D eigenvalue weighted by atomic mass is 9.83. The Balaban J connectivity index is 1.51. The Labute approximate surface area is 154 Å². The summed E-state index contributed by atoms with van der Waals surface area (Å²) >= 11 is 0. The molecule has 132 valence electrons. The van der Waals surface area contributed by atoms with Crippen LogP contribution in [0.1, 0.15) is 70.3 Å². The van der Waals surface area contributed by atoms with Gasteiger partial charge >= 0.3 is 0 Å². The summed E-state index contributed by atoms with van der Waals surface area (Å²) in [5, 5.41) is 0. The van der Waals surface area contributed by atoms with Crippen LogP contribution in [-0.4, -0.2) is 0 Å². The first-order valence-corrected chi connectivity index (χ1v) is 10.2. The summed E-state index contributed by atoms with van der Waals surface area (Å²) < 4.78 is 0. The maximum Gasteiger partial charge on any atom is -0.0184 e. The first-order chi connectivity index (χ1) is 12.4. The number of rotatable bonds is 8. The van der Waals surface area contributed by atoms with Crippen LogP contribution >= 0.6 is 0 Å². The van der Waals surface area contributed by atoms with E-state index in [2.05, 4.69) is 67.6 Å². The van der Waals surface area contributed by atoms with Gasteiger partial charge in [0.2, 0.25) is 0 Å². The fourth-order valence-corrected chi connectivity index (χ4v) is 3.96. The monoisotopic (exact) mass is 332 g/mol. The molecule has 0 nitrogen and oxygen atoms in total. The Hall–Kier alpha value is -1.82. The molecule has 1 atom stereocenters. The van der Waals surface area contributed by atoms with E-state index in [4.69, 9.17) is 0 Å². The highest BCUT2D eigenvalue weighted by atomic mass is 14.2. The second-order valence-corrected chi connectivity index (χ2v) is 7.52. The van der Waals surface area contributed by atoms with Crippen LogP contribution in [0.2, 0.25) is 0 Å². The lowest BCUT2D eigenvalue weighted by molar-refractivity contribution is 0.423. The molecule has 0 aliphatic heterocycles. The van der Waals surface area contributed by atoms with Gasteiger partial charge in [-0.2, -0.15) is 0 Å². The minimum atomic E-state index is 0.925. The number of hydrogen-bond donors (Lipinski definition) is 0. The fourth-order valence-electron chi connectivity index (χ4n) is 3.96. The average Bonchev–Trinajstić information content (AvgIpc) is 2.69. The molecule has 0 heterocycles. The van der Waals surface area contributed by atoms with Gasteiger partial charge in [-0.3, -0.25) is 0 Å². The third-order valence-electron chi connectivity index (χ3n) is 5.60. The lowest BCUT2D eigenvalue weighted by Crippen LogP contribution is -2.05. The SMILES string of the molecule is CCCCCCCC1CC=C(c2ccc(-c3ccccc3)cc2)CC1. The van der Waals surface area contributed by atoms with Gasteiger partial charge < -0.3 is 0 Å². The zero-order valence-electron chi connectivity index (χ0n) is 15.7. The van der Waals surface area contributed by atoms with E-state index in [9.17, 15) is 0 Å². The van der Waals surface area contributed by atoms with E-state index >= 15 is 0 Å². The van der Waals surface area contributed by atoms with Gasteiger partial charge in [0, 0.05) is 0 Å². The molecule has 0 N–H and O–H groups in total. The molecule has 0 saturated heterocycles. The van der Waals surface area contributed by atoms with Crippen molar-refractivity contribution >= 4 is 5.57 Å². The topological polar surface area (TPSA) is 0 Å². The molecule has 25 heavy (non-hydrogen) atoms. The van der Waals surface area contributed by atoms with Gasteiger partial charge in [-0.15, -0.1) is 0 Å². The predicted molar refractivity (Wildman–Crippen MR) is 111 cm³/mol. The first kappa shape index (κ1) is 18.0. The molecule has 0 radical (unpaired) electrons. The van der Waals surface area contributed by atoms with Crippen LogP contribution in [0.5, 0.6) is 0 Å². The van der Waals surface area contributed by atoms with Crippen molar-refractivity contribution in [3.63, 3.8) is 0 Å². The summed E-state index contributed by atoms with van der Waals surface area (Å²) in [4.78, 5) is 0. The van der Waals surface area contributed by atoms with Crippen LogP contribution in [-0.2, 0) is 0 Å². The number of unbranched alkanes of at least 4 members (excludes halogenated alkanes) is 4. The Kier molecular flexibility index (Phi) is 6.91. The molecule has 2 aromatic rings. The van der Waals surface area contributed by atoms with Crippen molar-refractivity contribution in [1.82, 2.24) is 0 Å². The van der Waals surface area contributed by atoms with Crippen molar-refractivity contribution < 1.29 is 0 Å². The largest absolute Gasteiger partial charge is 0.0804 e.